The second kappa shape index (κ2) is 11.4. The minimum atomic E-state index is -0.596. The van der Waals surface area contributed by atoms with E-state index in [1.807, 2.05) is 55.5 Å². The van der Waals surface area contributed by atoms with E-state index in [1.54, 1.807) is 6.92 Å². The summed E-state index contributed by atoms with van der Waals surface area (Å²) in [6.07, 6.45) is 0.701. The number of hydrogen-bond acceptors (Lipinski definition) is 5. The lowest BCUT2D eigenvalue weighted by molar-refractivity contribution is -0.116. The normalized spacial score (nSPS) is 11.8. The van der Waals surface area contributed by atoms with E-state index in [0.29, 0.717) is 31.9 Å². The second-order valence-electron chi connectivity index (χ2n) is 6.68. The SMILES string of the molecule is CC(=O)CCc1ccc(OC[C@H](O)CNCCOc2ccc(C)cc2)cc1. The Balaban J connectivity index is 1.57. The Kier molecular flexibility index (Phi) is 8.81. The minimum absolute atomic E-state index is 0.190. The molecule has 0 amide bonds. The third kappa shape index (κ3) is 8.71. The van der Waals surface area contributed by atoms with Gasteiger partial charge in [-0.3, -0.25) is 0 Å². The molecule has 0 aliphatic heterocycles. The molecule has 2 rings (SSSR count). The van der Waals surface area contributed by atoms with Crippen LogP contribution in [0.25, 0.3) is 0 Å². The first kappa shape index (κ1) is 20.9. The van der Waals surface area contributed by atoms with E-state index in [0.717, 1.165) is 17.7 Å². The van der Waals surface area contributed by atoms with Crippen LogP contribution in [0.1, 0.15) is 24.5 Å². The summed E-state index contributed by atoms with van der Waals surface area (Å²) < 4.78 is 11.2. The molecule has 0 saturated carbocycles. The molecule has 146 valence electrons. The number of ether oxygens (including phenoxy) is 2. The largest absolute Gasteiger partial charge is 0.492 e. The summed E-state index contributed by atoms with van der Waals surface area (Å²) >= 11 is 0. The quantitative estimate of drug-likeness (QED) is 0.562. The van der Waals surface area contributed by atoms with Gasteiger partial charge in [0, 0.05) is 19.5 Å². The van der Waals surface area contributed by atoms with Crippen molar-refractivity contribution in [2.45, 2.75) is 32.8 Å². The summed E-state index contributed by atoms with van der Waals surface area (Å²) in [6.45, 7) is 5.49. The van der Waals surface area contributed by atoms with Gasteiger partial charge in [0.25, 0.3) is 0 Å². The van der Waals surface area contributed by atoms with E-state index in [-0.39, 0.29) is 12.4 Å². The van der Waals surface area contributed by atoms with Crippen molar-refractivity contribution in [1.29, 1.82) is 0 Å². The van der Waals surface area contributed by atoms with Crippen molar-refractivity contribution in [2.75, 3.05) is 26.3 Å². The highest BCUT2D eigenvalue weighted by Crippen LogP contribution is 2.14. The molecule has 0 bridgehead atoms. The number of benzene rings is 2. The average molecular weight is 371 g/mol. The molecule has 0 radical (unpaired) electrons. The molecule has 0 unspecified atom stereocenters. The zero-order chi connectivity index (χ0) is 19.5. The number of rotatable bonds is 12. The number of nitrogens with one attached hydrogen (secondary N) is 1. The molecular formula is C22H29NO4. The number of aliphatic hydroxyl groups excluding tert-OH is 1. The van der Waals surface area contributed by atoms with Gasteiger partial charge in [-0.25, -0.2) is 0 Å². The highest BCUT2D eigenvalue weighted by Gasteiger charge is 2.05. The lowest BCUT2D eigenvalue weighted by Crippen LogP contribution is -2.33. The van der Waals surface area contributed by atoms with Crippen LogP contribution in [0.2, 0.25) is 0 Å². The van der Waals surface area contributed by atoms with E-state index in [1.165, 1.54) is 5.56 Å². The summed E-state index contributed by atoms with van der Waals surface area (Å²) in [5.74, 6) is 1.75. The van der Waals surface area contributed by atoms with E-state index in [9.17, 15) is 9.90 Å². The molecular weight excluding hydrogens is 342 g/mol. The molecule has 0 aromatic heterocycles. The molecule has 5 nitrogen and oxygen atoms in total. The fourth-order valence-electron chi connectivity index (χ4n) is 2.47. The maximum atomic E-state index is 11.0. The molecule has 1 atom stereocenters. The molecule has 2 aromatic carbocycles. The van der Waals surface area contributed by atoms with E-state index < -0.39 is 6.10 Å². The first-order valence-corrected chi connectivity index (χ1v) is 9.32. The van der Waals surface area contributed by atoms with Gasteiger partial charge in [0.2, 0.25) is 0 Å². The molecule has 0 heterocycles. The van der Waals surface area contributed by atoms with Gasteiger partial charge >= 0.3 is 0 Å². The van der Waals surface area contributed by atoms with Crippen LogP contribution in [0.5, 0.6) is 11.5 Å². The van der Waals surface area contributed by atoms with Crippen molar-refractivity contribution in [1.82, 2.24) is 5.32 Å². The molecule has 0 saturated heterocycles. The lowest BCUT2D eigenvalue weighted by Gasteiger charge is -2.14. The Labute approximate surface area is 161 Å². The summed E-state index contributed by atoms with van der Waals surface area (Å²) in [4.78, 5) is 11.0. The Morgan fingerprint density at radius 3 is 2.33 bits per heavy atom. The van der Waals surface area contributed by atoms with Crippen molar-refractivity contribution in [3.05, 3.63) is 59.7 Å². The van der Waals surface area contributed by atoms with Crippen molar-refractivity contribution < 1.29 is 19.4 Å². The Morgan fingerprint density at radius 2 is 1.67 bits per heavy atom. The number of Topliss-reactive ketones (excluding diaryl/α,β-unsaturated/α-hetero) is 1. The van der Waals surface area contributed by atoms with Crippen LogP contribution in [-0.4, -0.2) is 43.3 Å². The van der Waals surface area contributed by atoms with Gasteiger partial charge in [0.1, 0.15) is 36.6 Å². The average Bonchev–Trinajstić information content (AvgIpc) is 2.66. The van der Waals surface area contributed by atoms with Crippen LogP contribution >= 0.6 is 0 Å². The van der Waals surface area contributed by atoms with E-state index in [2.05, 4.69) is 5.32 Å². The van der Waals surface area contributed by atoms with Crippen LogP contribution in [0.3, 0.4) is 0 Å². The van der Waals surface area contributed by atoms with Gasteiger partial charge < -0.3 is 24.7 Å². The number of hydrogen-bond donors (Lipinski definition) is 2. The van der Waals surface area contributed by atoms with Gasteiger partial charge in [-0.15, -0.1) is 0 Å². The van der Waals surface area contributed by atoms with Crippen molar-refractivity contribution in [3.63, 3.8) is 0 Å². The molecule has 27 heavy (non-hydrogen) atoms. The van der Waals surface area contributed by atoms with Gasteiger partial charge in [0.05, 0.1) is 0 Å². The number of aliphatic hydroxyl groups is 1. The third-order valence-corrected chi connectivity index (χ3v) is 4.08. The van der Waals surface area contributed by atoms with Crippen LogP contribution in [-0.2, 0) is 11.2 Å². The summed E-state index contributed by atoms with van der Waals surface area (Å²) in [6, 6.07) is 15.6. The van der Waals surface area contributed by atoms with Crippen LogP contribution in [0.4, 0.5) is 0 Å². The van der Waals surface area contributed by atoms with Gasteiger partial charge in [-0.1, -0.05) is 29.8 Å². The highest BCUT2D eigenvalue weighted by molar-refractivity contribution is 5.75. The first-order chi connectivity index (χ1) is 13.0. The zero-order valence-electron chi connectivity index (χ0n) is 16.1. The minimum Gasteiger partial charge on any atom is -0.492 e. The topological polar surface area (TPSA) is 67.8 Å². The molecule has 2 aromatic rings. The fraction of sp³-hybridized carbons (Fsp3) is 0.409. The molecule has 0 fully saturated rings. The molecule has 0 aliphatic carbocycles. The van der Waals surface area contributed by atoms with Crippen molar-refractivity contribution in [2.24, 2.45) is 0 Å². The van der Waals surface area contributed by atoms with E-state index >= 15 is 0 Å². The zero-order valence-corrected chi connectivity index (χ0v) is 16.1. The number of ketones is 1. The van der Waals surface area contributed by atoms with E-state index in [4.69, 9.17) is 9.47 Å². The summed E-state index contributed by atoms with van der Waals surface area (Å²) in [5, 5.41) is 13.1. The van der Waals surface area contributed by atoms with Crippen LogP contribution in [0, 0.1) is 6.92 Å². The number of aryl methyl sites for hydroxylation is 2. The van der Waals surface area contributed by atoms with Gasteiger partial charge in [0.15, 0.2) is 0 Å². The standard InChI is InChI=1S/C22H29NO4/c1-17-3-9-21(10-4-17)26-14-13-23-15-20(25)16-27-22-11-7-19(8-12-22)6-5-18(2)24/h3-4,7-12,20,23,25H,5-6,13-16H2,1-2H3/t20-/m1/s1. The molecule has 2 N–H and O–H groups in total. The Hall–Kier alpha value is -2.37. The second-order valence-corrected chi connectivity index (χ2v) is 6.68. The molecule has 0 spiro atoms. The summed E-state index contributed by atoms with van der Waals surface area (Å²) in [5.41, 5.74) is 2.31. The summed E-state index contributed by atoms with van der Waals surface area (Å²) in [7, 11) is 0. The monoisotopic (exact) mass is 371 g/mol. The van der Waals surface area contributed by atoms with Crippen molar-refractivity contribution >= 4 is 5.78 Å². The number of carbonyl (C=O) groups excluding carboxylic acids is 1. The Morgan fingerprint density at radius 1 is 1.04 bits per heavy atom. The van der Waals surface area contributed by atoms with Gasteiger partial charge in [-0.05, 0) is 50.1 Å². The van der Waals surface area contributed by atoms with Crippen LogP contribution < -0.4 is 14.8 Å². The molecule has 0 aliphatic rings. The predicted molar refractivity (Wildman–Crippen MR) is 106 cm³/mol. The predicted octanol–water partition coefficient (Wildman–Crippen LogP) is 2.92. The third-order valence-electron chi connectivity index (χ3n) is 4.08. The van der Waals surface area contributed by atoms with Crippen LogP contribution in [0.15, 0.2) is 48.5 Å². The maximum Gasteiger partial charge on any atom is 0.130 e. The highest BCUT2D eigenvalue weighted by atomic mass is 16.5. The number of carbonyl (C=O) groups is 1. The Bertz CT molecular complexity index is 682. The smallest absolute Gasteiger partial charge is 0.130 e. The molecule has 5 heteroatoms. The van der Waals surface area contributed by atoms with Crippen molar-refractivity contribution in [3.8, 4) is 11.5 Å². The lowest BCUT2D eigenvalue weighted by atomic mass is 10.1. The maximum absolute atomic E-state index is 11.0. The first-order valence-electron chi connectivity index (χ1n) is 9.32. The fourth-order valence-corrected chi connectivity index (χ4v) is 2.47. The van der Waals surface area contributed by atoms with Gasteiger partial charge in [-0.2, -0.15) is 0 Å².